The highest BCUT2D eigenvalue weighted by molar-refractivity contribution is 7.99. The molecule has 1 unspecified atom stereocenters. The molecule has 0 bridgehead atoms. The van der Waals surface area contributed by atoms with Gasteiger partial charge in [0.25, 0.3) is 5.56 Å². The molecule has 0 radical (unpaired) electrons. The Morgan fingerprint density at radius 2 is 1.88 bits per heavy atom. The fourth-order valence-corrected chi connectivity index (χ4v) is 5.05. The maximum Gasteiger partial charge on any atom is 0.260 e. The smallest absolute Gasteiger partial charge is 0.260 e. The molecule has 2 aromatic carbocycles. The summed E-state index contributed by atoms with van der Waals surface area (Å²) in [6.07, 6.45) is 0.728. The number of hydrogen-bond acceptors (Lipinski definition) is 6. The van der Waals surface area contributed by atoms with Crippen molar-refractivity contribution in [2.75, 3.05) is 13.2 Å². The van der Waals surface area contributed by atoms with Gasteiger partial charge in [-0.05, 0) is 31.0 Å². The minimum atomic E-state index is -0.260. The largest absolute Gasteiger partial charge is 0.494 e. The number of para-hydroxylation sites is 1. The van der Waals surface area contributed by atoms with Crippen molar-refractivity contribution in [1.29, 1.82) is 0 Å². The quantitative estimate of drug-likeness (QED) is 0.318. The molecule has 33 heavy (non-hydrogen) atoms. The number of nitrogens with one attached hydrogen (secondary N) is 2. The first-order chi connectivity index (χ1) is 16.1. The molecular formula is C25H25N3O3S2. The van der Waals surface area contributed by atoms with Gasteiger partial charge in [0.2, 0.25) is 5.91 Å². The van der Waals surface area contributed by atoms with E-state index in [0.717, 1.165) is 23.3 Å². The zero-order valence-electron chi connectivity index (χ0n) is 18.2. The van der Waals surface area contributed by atoms with E-state index >= 15 is 0 Å². The molecule has 1 atom stereocenters. The van der Waals surface area contributed by atoms with E-state index in [1.807, 2.05) is 73.0 Å². The Balaban J connectivity index is 1.27. The highest BCUT2D eigenvalue weighted by Gasteiger charge is 2.16. The minimum absolute atomic E-state index is 0.0365. The van der Waals surface area contributed by atoms with E-state index in [1.165, 1.54) is 23.1 Å². The molecule has 1 amide bonds. The fourth-order valence-electron chi connectivity index (χ4n) is 3.31. The zero-order valence-corrected chi connectivity index (χ0v) is 19.9. The molecular weight excluding hydrogens is 454 g/mol. The third kappa shape index (κ3) is 6.03. The number of benzene rings is 2. The number of ether oxygens (including phenoxy) is 1. The number of amides is 1. The molecule has 0 saturated heterocycles. The summed E-state index contributed by atoms with van der Waals surface area (Å²) >= 11 is 2.91. The van der Waals surface area contributed by atoms with Gasteiger partial charge >= 0.3 is 0 Å². The maximum absolute atomic E-state index is 12.7. The van der Waals surface area contributed by atoms with E-state index in [2.05, 4.69) is 15.3 Å². The van der Waals surface area contributed by atoms with E-state index in [0.29, 0.717) is 34.9 Å². The van der Waals surface area contributed by atoms with Crippen molar-refractivity contribution in [2.45, 2.75) is 24.3 Å². The van der Waals surface area contributed by atoms with E-state index in [4.69, 9.17) is 4.74 Å². The zero-order chi connectivity index (χ0) is 23.0. The first-order valence-electron chi connectivity index (χ1n) is 10.7. The number of H-pyrrole nitrogens is 1. The Morgan fingerprint density at radius 3 is 2.64 bits per heavy atom. The summed E-state index contributed by atoms with van der Waals surface area (Å²) < 4.78 is 5.63. The lowest BCUT2D eigenvalue weighted by Crippen LogP contribution is -2.32. The Labute approximate surface area is 200 Å². The van der Waals surface area contributed by atoms with Crippen molar-refractivity contribution in [3.05, 3.63) is 82.2 Å². The van der Waals surface area contributed by atoms with Gasteiger partial charge < -0.3 is 15.0 Å². The monoisotopic (exact) mass is 479 g/mol. The SMILES string of the molecule is CC(SCc1nc2scc(-c3ccccc3)c2c(=O)[nH]1)C(=O)NCCCOc1ccccc1. The Kier molecular flexibility index (Phi) is 7.80. The van der Waals surface area contributed by atoms with Crippen molar-refractivity contribution >= 4 is 39.2 Å². The number of carbonyl (C=O) groups is 1. The number of thiophene rings is 1. The Hall–Kier alpha value is -3.10. The van der Waals surface area contributed by atoms with E-state index in [9.17, 15) is 9.59 Å². The van der Waals surface area contributed by atoms with Crippen LogP contribution in [0.15, 0.2) is 70.8 Å². The van der Waals surface area contributed by atoms with Crippen molar-refractivity contribution < 1.29 is 9.53 Å². The average Bonchev–Trinajstić information content (AvgIpc) is 3.28. The first-order valence-corrected chi connectivity index (χ1v) is 12.7. The molecule has 2 N–H and O–H groups in total. The van der Waals surface area contributed by atoms with Crippen molar-refractivity contribution in [1.82, 2.24) is 15.3 Å². The number of thioether (sulfide) groups is 1. The predicted molar refractivity (Wildman–Crippen MR) is 136 cm³/mol. The highest BCUT2D eigenvalue weighted by atomic mass is 32.2. The van der Waals surface area contributed by atoms with Gasteiger partial charge in [0, 0.05) is 17.5 Å². The van der Waals surface area contributed by atoms with Crippen LogP contribution in [0.3, 0.4) is 0 Å². The van der Waals surface area contributed by atoms with Crippen LogP contribution in [0.4, 0.5) is 0 Å². The molecule has 0 saturated carbocycles. The normalized spacial score (nSPS) is 11.9. The summed E-state index contributed by atoms with van der Waals surface area (Å²) in [5.74, 6) is 1.82. The molecule has 6 nitrogen and oxygen atoms in total. The molecule has 170 valence electrons. The van der Waals surface area contributed by atoms with Crippen molar-refractivity contribution in [3.8, 4) is 16.9 Å². The number of fused-ring (bicyclic) bond motifs is 1. The summed E-state index contributed by atoms with van der Waals surface area (Å²) in [7, 11) is 0. The Bertz CT molecular complexity index is 1260. The third-order valence-corrected chi connectivity index (χ3v) is 7.08. The van der Waals surface area contributed by atoms with Gasteiger partial charge in [0.1, 0.15) is 16.4 Å². The van der Waals surface area contributed by atoms with Crippen molar-refractivity contribution in [3.63, 3.8) is 0 Å². The molecule has 0 aliphatic carbocycles. The molecule has 0 fully saturated rings. The predicted octanol–water partition coefficient (Wildman–Crippen LogP) is 4.86. The number of aromatic amines is 1. The maximum atomic E-state index is 12.7. The van der Waals surface area contributed by atoms with Gasteiger partial charge in [-0.15, -0.1) is 23.1 Å². The topological polar surface area (TPSA) is 84.1 Å². The molecule has 0 aliphatic heterocycles. The molecule has 0 spiro atoms. The van der Waals surface area contributed by atoms with E-state index in [-0.39, 0.29) is 16.7 Å². The van der Waals surface area contributed by atoms with Crippen LogP contribution in [0.5, 0.6) is 5.75 Å². The molecule has 4 aromatic rings. The second-order valence-corrected chi connectivity index (χ2v) is 9.65. The fraction of sp³-hybridized carbons (Fsp3) is 0.240. The standard InChI is InChI=1S/C25H25N3O3S2/c1-17(23(29)26-13-8-14-31-19-11-6-3-7-12-19)32-16-21-27-24(30)22-20(15-33-25(22)28-21)18-9-4-2-5-10-18/h2-7,9-12,15,17H,8,13-14,16H2,1H3,(H,26,29)(H,27,28,30). The van der Waals surface area contributed by atoms with Crippen LogP contribution in [0.25, 0.3) is 21.3 Å². The minimum Gasteiger partial charge on any atom is -0.494 e. The van der Waals surface area contributed by atoms with Gasteiger partial charge in [-0.2, -0.15) is 0 Å². The number of aromatic nitrogens is 2. The number of rotatable bonds is 10. The van der Waals surface area contributed by atoms with Crippen molar-refractivity contribution in [2.24, 2.45) is 0 Å². The lowest BCUT2D eigenvalue weighted by molar-refractivity contribution is -0.120. The molecule has 2 aromatic heterocycles. The van der Waals surface area contributed by atoms with Crippen LogP contribution in [0, 0.1) is 0 Å². The highest BCUT2D eigenvalue weighted by Crippen LogP contribution is 2.30. The van der Waals surface area contributed by atoms with Crippen LogP contribution in [0.2, 0.25) is 0 Å². The van der Waals surface area contributed by atoms with Gasteiger partial charge in [-0.1, -0.05) is 48.5 Å². The van der Waals surface area contributed by atoms with E-state index in [1.54, 1.807) is 0 Å². The summed E-state index contributed by atoms with van der Waals surface area (Å²) in [4.78, 5) is 33.3. The summed E-state index contributed by atoms with van der Waals surface area (Å²) in [5, 5.41) is 5.26. The molecule has 2 heterocycles. The second-order valence-electron chi connectivity index (χ2n) is 7.47. The Morgan fingerprint density at radius 1 is 1.15 bits per heavy atom. The van der Waals surface area contributed by atoms with Gasteiger partial charge in [-0.3, -0.25) is 9.59 Å². The summed E-state index contributed by atoms with van der Waals surface area (Å²) in [5.41, 5.74) is 1.75. The van der Waals surface area contributed by atoms with Gasteiger partial charge in [0.15, 0.2) is 0 Å². The number of hydrogen-bond donors (Lipinski definition) is 2. The third-order valence-electron chi connectivity index (χ3n) is 5.05. The first kappa shape index (κ1) is 23.1. The lowest BCUT2D eigenvalue weighted by atomic mass is 10.1. The number of nitrogens with zero attached hydrogens (tertiary/aromatic N) is 1. The average molecular weight is 480 g/mol. The molecule has 4 rings (SSSR count). The van der Waals surface area contributed by atoms with Gasteiger partial charge in [-0.25, -0.2) is 4.98 Å². The molecule has 8 heteroatoms. The van der Waals surface area contributed by atoms with Crippen LogP contribution in [0.1, 0.15) is 19.2 Å². The lowest BCUT2D eigenvalue weighted by Gasteiger charge is -2.12. The van der Waals surface area contributed by atoms with Crippen LogP contribution in [-0.4, -0.2) is 34.3 Å². The summed E-state index contributed by atoms with van der Waals surface area (Å²) in [6, 6.07) is 19.4. The number of carbonyl (C=O) groups excluding carboxylic acids is 1. The second kappa shape index (κ2) is 11.2. The van der Waals surface area contributed by atoms with Crippen LogP contribution >= 0.6 is 23.1 Å². The van der Waals surface area contributed by atoms with Gasteiger partial charge in [0.05, 0.1) is 23.0 Å². The summed E-state index contributed by atoms with van der Waals surface area (Å²) in [6.45, 7) is 2.95. The van der Waals surface area contributed by atoms with E-state index < -0.39 is 0 Å². The van der Waals surface area contributed by atoms with Crippen LogP contribution in [-0.2, 0) is 10.5 Å². The van der Waals surface area contributed by atoms with Crippen LogP contribution < -0.4 is 15.6 Å². The molecule has 0 aliphatic rings.